The van der Waals surface area contributed by atoms with Gasteiger partial charge in [0.25, 0.3) is 0 Å². The molecule has 1 N–H and O–H groups in total. The number of anilines is 1. The van der Waals surface area contributed by atoms with Crippen molar-refractivity contribution in [2.75, 3.05) is 11.9 Å². The third-order valence-corrected chi connectivity index (χ3v) is 4.52. The zero-order chi connectivity index (χ0) is 17.8. The largest absolute Gasteiger partial charge is 0.493 e. The van der Waals surface area contributed by atoms with Crippen LogP contribution in [0.3, 0.4) is 0 Å². The predicted octanol–water partition coefficient (Wildman–Crippen LogP) is 3.22. The molecule has 1 aliphatic heterocycles. The molecule has 4 rings (SSSR count). The molecule has 0 saturated heterocycles. The molecule has 0 fully saturated rings. The van der Waals surface area contributed by atoms with Crippen molar-refractivity contribution in [3.8, 4) is 5.75 Å². The summed E-state index contributed by atoms with van der Waals surface area (Å²) in [5, 5.41) is 7.32. The number of fused-ring (bicyclic) bond motifs is 1. The zero-order valence-electron chi connectivity index (χ0n) is 14.3. The van der Waals surface area contributed by atoms with Gasteiger partial charge in [-0.2, -0.15) is 5.10 Å². The topological polar surface area (TPSA) is 69.0 Å². The molecule has 132 valence electrons. The fourth-order valence-corrected chi connectivity index (χ4v) is 3.24. The van der Waals surface area contributed by atoms with Gasteiger partial charge < -0.3 is 10.1 Å². The van der Waals surface area contributed by atoms with Crippen molar-refractivity contribution in [1.29, 1.82) is 0 Å². The van der Waals surface area contributed by atoms with Gasteiger partial charge in [-0.3, -0.25) is 14.5 Å². The Morgan fingerprint density at radius 3 is 2.92 bits per heavy atom. The van der Waals surface area contributed by atoms with Crippen molar-refractivity contribution in [3.63, 3.8) is 0 Å². The number of amides is 1. The summed E-state index contributed by atoms with van der Waals surface area (Å²) in [5.41, 5.74) is 2.22. The van der Waals surface area contributed by atoms with Crippen LogP contribution in [-0.4, -0.2) is 27.3 Å². The van der Waals surface area contributed by atoms with E-state index in [9.17, 15) is 4.79 Å². The molecule has 0 radical (unpaired) electrons. The van der Waals surface area contributed by atoms with Gasteiger partial charge in [0.05, 0.1) is 13.2 Å². The van der Waals surface area contributed by atoms with Crippen molar-refractivity contribution in [2.45, 2.75) is 25.3 Å². The van der Waals surface area contributed by atoms with Gasteiger partial charge in [-0.05, 0) is 41.7 Å². The van der Waals surface area contributed by atoms with Crippen LogP contribution in [0.1, 0.15) is 29.9 Å². The third kappa shape index (κ3) is 3.74. The fourth-order valence-electron chi connectivity index (χ4n) is 3.24. The van der Waals surface area contributed by atoms with Gasteiger partial charge in [-0.25, -0.2) is 0 Å². The Labute approximate surface area is 151 Å². The maximum Gasteiger partial charge on any atom is 0.226 e. The van der Waals surface area contributed by atoms with Gasteiger partial charge in [0.1, 0.15) is 5.75 Å². The lowest BCUT2D eigenvalue weighted by Crippen LogP contribution is -2.21. The van der Waals surface area contributed by atoms with E-state index in [4.69, 9.17) is 4.74 Å². The van der Waals surface area contributed by atoms with Crippen molar-refractivity contribution in [2.24, 2.45) is 0 Å². The number of ether oxygens (including phenoxy) is 1. The number of carbonyl (C=O) groups excluding carboxylic acids is 1. The smallest absolute Gasteiger partial charge is 0.226 e. The molecule has 1 unspecified atom stereocenters. The average molecular weight is 348 g/mol. The highest BCUT2D eigenvalue weighted by molar-refractivity contribution is 5.90. The minimum Gasteiger partial charge on any atom is -0.493 e. The van der Waals surface area contributed by atoms with Crippen LogP contribution in [0.25, 0.3) is 0 Å². The summed E-state index contributed by atoms with van der Waals surface area (Å²) in [6, 6.07) is 13.6. The number of aromatic nitrogens is 3. The second kappa shape index (κ2) is 7.39. The van der Waals surface area contributed by atoms with E-state index in [1.165, 1.54) is 0 Å². The van der Waals surface area contributed by atoms with Crippen molar-refractivity contribution < 1.29 is 9.53 Å². The van der Waals surface area contributed by atoms with Gasteiger partial charge in [0.2, 0.25) is 5.91 Å². The summed E-state index contributed by atoms with van der Waals surface area (Å²) < 4.78 is 7.46. The van der Waals surface area contributed by atoms with Crippen molar-refractivity contribution in [1.82, 2.24) is 14.8 Å². The maximum absolute atomic E-state index is 12.4. The van der Waals surface area contributed by atoms with Gasteiger partial charge in [0.15, 0.2) is 5.82 Å². The number of para-hydroxylation sites is 1. The maximum atomic E-state index is 12.4. The van der Waals surface area contributed by atoms with Crippen LogP contribution >= 0.6 is 0 Å². The Morgan fingerprint density at radius 2 is 2.04 bits per heavy atom. The molecule has 1 amide bonds. The van der Waals surface area contributed by atoms with E-state index in [0.29, 0.717) is 25.4 Å². The van der Waals surface area contributed by atoms with Gasteiger partial charge in [0, 0.05) is 31.1 Å². The lowest BCUT2D eigenvalue weighted by atomic mass is 9.90. The Hall–Kier alpha value is -3.15. The monoisotopic (exact) mass is 348 g/mol. The highest BCUT2D eigenvalue weighted by Crippen LogP contribution is 2.35. The molecule has 0 aliphatic carbocycles. The molecule has 3 heterocycles. The van der Waals surface area contributed by atoms with E-state index < -0.39 is 0 Å². The van der Waals surface area contributed by atoms with E-state index in [1.54, 1.807) is 17.1 Å². The first-order valence-corrected chi connectivity index (χ1v) is 8.72. The highest BCUT2D eigenvalue weighted by atomic mass is 16.5. The molecule has 1 aliphatic rings. The van der Waals surface area contributed by atoms with Crippen LogP contribution in [-0.2, 0) is 11.3 Å². The highest BCUT2D eigenvalue weighted by Gasteiger charge is 2.23. The Balaban J connectivity index is 1.37. The fraction of sp³-hybridized carbons (Fsp3) is 0.250. The second-order valence-corrected chi connectivity index (χ2v) is 6.38. The molecule has 3 aromatic rings. The van der Waals surface area contributed by atoms with E-state index >= 15 is 0 Å². The lowest BCUT2D eigenvalue weighted by molar-refractivity contribution is -0.116. The number of rotatable bonds is 5. The molecular formula is C20H20N4O2. The number of benzene rings is 1. The molecule has 0 spiro atoms. The number of hydrogen-bond acceptors (Lipinski definition) is 4. The number of pyridine rings is 1. The van der Waals surface area contributed by atoms with Crippen molar-refractivity contribution in [3.05, 3.63) is 72.2 Å². The summed E-state index contributed by atoms with van der Waals surface area (Å²) in [6.45, 7) is 1.29. The predicted molar refractivity (Wildman–Crippen MR) is 98.1 cm³/mol. The number of nitrogens with one attached hydrogen (secondary N) is 1. The van der Waals surface area contributed by atoms with E-state index in [2.05, 4.69) is 15.4 Å². The molecule has 0 saturated carbocycles. The molecule has 6 nitrogen and oxygen atoms in total. The molecule has 1 atom stereocenters. The summed E-state index contributed by atoms with van der Waals surface area (Å²) >= 11 is 0. The number of carbonyl (C=O) groups is 1. The minimum absolute atomic E-state index is 0.0270. The van der Waals surface area contributed by atoms with Gasteiger partial charge >= 0.3 is 0 Å². The quantitative estimate of drug-likeness (QED) is 0.769. The Morgan fingerprint density at radius 1 is 1.19 bits per heavy atom. The number of nitrogens with zero attached hydrogens (tertiary/aromatic N) is 3. The van der Waals surface area contributed by atoms with Crippen molar-refractivity contribution >= 4 is 11.7 Å². The van der Waals surface area contributed by atoms with E-state index in [0.717, 1.165) is 23.3 Å². The van der Waals surface area contributed by atoms with Crippen LogP contribution in [0.2, 0.25) is 0 Å². The lowest BCUT2D eigenvalue weighted by Gasteiger charge is -2.25. The summed E-state index contributed by atoms with van der Waals surface area (Å²) in [6.07, 6.45) is 6.65. The van der Waals surface area contributed by atoms with Crippen LogP contribution in [0, 0.1) is 0 Å². The minimum atomic E-state index is -0.0270. The summed E-state index contributed by atoms with van der Waals surface area (Å²) in [4.78, 5) is 16.5. The molecule has 6 heteroatoms. The first-order valence-electron chi connectivity index (χ1n) is 8.72. The van der Waals surface area contributed by atoms with E-state index in [-0.39, 0.29) is 11.8 Å². The van der Waals surface area contributed by atoms with Crippen LogP contribution in [0.5, 0.6) is 5.75 Å². The first-order chi connectivity index (χ1) is 12.8. The third-order valence-electron chi connectivity index (χ3n) is 4.52. The normalized spacial score (nSPS) is 15.8. The molecule has 26 heavy (non-hydrogen) atoms. The summed E-state index contributed by atoms with van der Waals surface area (Å²) in [7, 11) is 0. The number of hydrogen-bond donors (Lipinski definition) is 1. The first kappa shape index (κ1) is 16.3. The SMILES string of the molecule is O=C(CC1CCOc2ccccc21)Nc1ccn(Cc2ccncc2)n1. The standard InChI is InChI=1S/C20H20N4O2/c25-20(13-16-8-12-26-18-4-2-1-3-17(16)18)22-19-7-11-24(23-19)14-15-5-9-21-10-6-15/h1-7,9-11,16H,8,12-14H2,(H,22,23,25). The summed E-state index contributed by atoms with van der Waals surface area (Å²) in [5.74, 6) is 1.61. The molecule has 0 bridgehead atoms. The van der Waals surface area contributed by atoms with Crippen LogP contribution in [0.4, 0.5) is 5.82 Å². The van der Waals surface area contributed by atoms with Crippen LogP contribution in [0.15, 0.2) is 61.1 Å². The Kier molecular flexibility index (Phi) is 4.64. The zero-order valence-corrected chi connectivity index (χ0v) is 14.3. The Bertz CT molecular complexity index is 892. The molecule has 2 aromatic heterocycles. The van der Waals surface area contributed by atoms with Gasteiger partial charge in [-0.1, -0.05) is 18.2 Å². The molecule has 1 aromatic carbocycles. The molecular weight excluding hydrogens is 328 g/mol. The van der Waals surface area contributed by atoms with Gasteiger partial charge in [-0.15, -0.1) is 0 Å². The van der Waals surface area contributed by atoms with Crippen LogP contribution < -0.4 is 10.1 Å². The average Bonchev–Trinajstić information content (AvgIpc) is 3.09. The van der Waals surface area contributed by atoms with E-state index in [1.807, 2.05) is 48.7 Å². The second-order valence-electron chi connectivity index (χ2n) is 6.38.